The third-order valence-corrected chi connectivity index (χ3v) is 8.93. The van der Waals surface area contributed by atoms with Crippen molar-refractivity contribution >= 4 is 27.5 Å². The van der Waals surface area contributed by atoms with E-state index in [9.17, 15) is 10.1 Å². The van der Waals surface area contributed by atoms with Gasteiger partial charge in [-0.1, -0.05) is 31.0 Å². The summed E-state index contributed by atoms with van der Waals surface area (Å²) in [6, 6.07) is 10.5. The molecule has 2 aromatic carbocycles. The van der Waals surface area contributed by atoms with Crippen LogP contribution >= 0.6 is 0 Å². The summed E-state index contributed by atoms with van der Waals surface area (Å²) in [6.45, 7) is 2.23. The van der Waals surface area contributed by atoms with Crippen molar-refractivity contribution in [2.75, 3.05) is 0 Å². The minimum Gasteiger partial charge on any atom is -0.344 e. The Morgan fingerprint density at radius 2 is 1.26 bits per heavy atom. The smallest absolute Gasteiger partial charge is 0.270 e. The number of nitrogens with zero attached hydrogens (tertiary/aromatic N) is 3. The summed E-state index contributed by atoms with van der Waals surface area (Å²) in [5.41, 5.74) is 12.0. The van der Waals surface area contributed by atoms with Gasteiger partial charge in [-0.05, 0) is 86.5 Å². The summed E-state index contributed by atoms with van der Waals surface area (Å²) in [5.74, 6) is 0. The number of rotatable bonds is 1. The van der Waals surface area contributed by atoms with E-state index in [1.54, 1.807) is 39.9 Å². The van der Waals surface area contributed by atoms with Crippen LogP contribution in [0.25, 0.3) is 21.8 Å². The molecule has 0 saturated heterocycles. The molecule has 5 heteroatoms. The van der Waals surface area contributed by atoms with Crippen molar-refractivity contribution in [3.05, 3.63) is 74.1 Å². The van der Waals surface area contributed by atoms with Gasteiger partial charge < -0.3 is 9.13 Å². The number of hydrogen-bond acceptors (Lipinski definition) is 2. The molecule has 0 fully saturated rings. The van der Waals surface area contributed by atoms with Crippen LogP contribution in [-0.4, -0.2) is 14.1 Å². The van der Waals surface area contributed by atoms with Gasteiger partial charge in [-0.3, -0.25) is 10.1 Å². The molecule has 2 aliphatic carbocycles. The van der Waals surface area contributed by atoms with E-state index in [-0.39, 0.29) is 10.6 Å². The third-order valence-electron chi connectivity index (χ3n) is 8.93. The molecular weight excluding hydrogens is 434 g/mol. The zero-order valence-electron chi connectivity index (χ0n) is 20.4. The second-order valence-electron chi connectivity index (χ2n) is 10.8. The standard InChI is InChI=1S/C15H16N2O2.C15H17N/c18-17(19)11-8-10-6-7-16-14-5-3-1-2-4-12(14)13(9-11)15(10)16;1-2-6-12-13-7-4-5-11-9-10-16(15(11)13)14(12)8-3-1/h8-9H,1-7H2;4-5,7H,1-3,6,8-10H2. The molecule has 180 valence electrons. The number of nitro groups is 1. The average molecular weight is 468 g/mol. The van der Waals surface area contributed by atoms with Gasteiger partial charge in [-0.15, -0.1) is 0 Å². The van der Waals surface area contributed by atoms with E-state index in [2.05, 4.69) is 27.3 Å². The Morgan fingerprint density at radius 3 is 1.94 bits per heavy atom. The molecule has 0 radical (unpaired) electrons. The van der Waals surface area contributed by atoms with Crippen LogP contribution in [0.2, 0.25) is 0 Å². The first-order chi connectivity index (χ1) is 17.2. The Labute approximate surface area is 205 Å². The molecule has 0 N–H and O–H groups in total. The highest BCUT2D eigenvalue weighted by Gasteiger charge is 2.27. The van der Waals surface area contributed by atoms with E-state index < -0.39 is 0 Å². The Bertz CT molecular complexity index is 1490. The van der Waals surface area contributed by atoms with Gasteiger partial charge in [0.25, 0.3) is 5.69 Å². The lowest BCUT2D eigenvalue weighted by Crippen LogP contribution is -2.00. The number of aryl methyl sites for hydroxylation is 6. The van der Waals surface area contributed by atoms with Crippen molar-refractivity contribution in [3.8, 4) is 0 Å². The number of non-ortho nitro benzene ring substituents is 1. The molecule has 8 rings (SSSR count). The summed E-state index contributed by atoms with van der Waals surface area (Å²) in [6.07, 6.45) is 15.0. The highest BCUT2D eigenvalue weighted by molar-refractivity contribution is 5.92. The molecule has 2 aromatic heterocycles. The zero-order chi connectivity index (χ0) is 23.5. The van der Waals surface area contributed by atoms with E-state index in [0.29, 0.717) is 0 Å². The second-order valence-corrected chi connectivity index (χ2v) is 10.8. The number of para-hydroxylation sites is 1. The van der Waals surface area contributed by atoms with Gasteiger partial charge in [0.2, 0.25) is 0 Å². The fraction of sp³-hybridized carbons (Fsp3) is 0.467. The lowest BCUT2D eigenvalue weighted by atomic mass is 10.0. The van der Waals surface area contributed by atoms with Crippen LogP contribution in [-0.2, 0) is 51.6 Å². The van der Waals surface area contributed by atoms with Crippen molar-refractivity contribution in [1.82, 2.24) is 9.13 Å². The average Bonchev–Trinajstić information content (AvgIpc) is 3.53. The van der Waals surface area contributed by atoms with Crippen LogP contribution in [0, 0.1) is 10.1 Å². The summed E-state index contributed by atoms with van der Waals surface area (Å²) in [5, 5.41) is 13.8. The molecule has 35 heavy (non-hydrogen) atoms. The number of aromatic nitrogens is 2. The Hall–Kier alpha value is -3.08. The predicted octanol–water partition coefficient (Wildman–Crippen LogP) is 6.84. The van der Waals surface area contributed by atoms with E-state index in [4.69, 9.17) is 0 Å². The van der Waals surface area contributed by atoms with Crippen LogP contribution in [0.5, 0.6) is 0 Å². The third kappa shape index (κ3) is 3.27. The first kappa shape index (κ1) is 21.2. The van der Waals surface area contributed by atoms with Crippen LogP contribution < -0.4 is 0 Å². The van der Waals surface area contributed by atoms with Crippen LogP contribution in [0.3, 0.4) is 0 Å². The van der Waals surface area contributed by atoms with Gasteiger partial charge in [0.05, 0.1) is 16.0 Å². The summed E-state index contributed by atoms with van der Waals surface area (Å²) in [4.78, 5) is 10.8. The first-order valence-electron chi connectivity index (χ1n) is 13.6. The molecule has 0 saturated carbocycles. The van der Waals surface area contributed by atoms with Crippen molar-refractivity contribution < 1.29 is 4.92 Å². The molecule has 0 bridgehead atoms. The van der Waals surface area contributed by atoms with Crippen molar-refractivity contribution in [2.45, 2.75) is 90.1 Å². The fourth-order valence-electron chi connectivity index (χ4n) is 7.41. The van der Waals surface area contributed by atoms with E-state index in [0.717, 1.165) is 36.8 Å². The van der Waals surface area contributed by atoms with E-state index >= 15 is 0 Å². The molecule has 0 atom stereocenters. The normalized spacial score (nSPS) is 18.1. The number of hydrogen-bond donors (Lipinski definition) is 0. The molecule has 4 aromatic rings. The zero-order valence-corrected chi connectivity index (χ0v) is 20.4. The maximum Gasteiger partial charge on any atom is 0.270 e. The summed E-state index contributed by atoms with van der Waals surface area (Å²) >= 11 is 0. The lowest BCUT2D eigenvalue weighted by molar-refractivity contribution is -0.384. The molecule has 5 nitrogen and oxygen atoms in total. The molecule has 2 aliphatic heterocycles. The Morgan fingerprint density at radius 1 is 0.657 bits per heavy atom. The SMILES string of the molecule is O=[N+]([O-])c1cc2c3c(c1)c1c(n3CC2)CCCCC1.c1cc2c3c(c1)c1c(n3CC2)CCCCC1. The highest BCUT2D eigenvalue weighted by atomic mass is 16.6. The van der Waals surface area contributed by atoms with Gasteiger partial charge in [-0.2, -0.15) is 0 Å². The highest BCUT2D eigenvalue weighted by Crippen LogP contribution is 2.39. The molecule has 0 spiro atoms. The second kappa shape index (κ2) is 8.25. The first-order valence-corrected chi connectivity index (χ1v) is 13.6. The van der Waals surface area contributed by atoms with Gasteiger partial charge in [0.15, 0.2) is 0 Å². The molecule has 0 amide bonds. The fourth-order valence-corrected chi connectivity index (χ4v) is 7.41. The monoisotopic (exact) mass is 467 g/mol. The van der Waals surface area contributed by atoms with Crippen molar-refractivity contribution in [3.63, 3.8) is 0 Å². The molecule has 4 aliphatic rings. The topological polar surface area (TPSA) is 53.0 Å². The Kier molecular flexibility index (Phi) is 5.00. The number of nitro benzene ring substituents is 1. The van der Waals surface area contributed by atoms with Crippen LogP contribution in [0.1, 0.15) is 72.2 Å². The van der Waals surface area contributed by atoms with Crippen molar-refractivity contribution in [2.24, 2.45) is 0 Å². The van der Waals surface area contributed by atoms with Crippen LogP contribution in [0.4, 0.5) is 5.69 Å². The number of benzene rings is 2. The number of fused-ring (bicyclic) bond motifs is 6. The summed E-state index contributed by atoms with van der Waals surface area (Å²) in [7, 11) is 0. The quantitative estimate of drug-likeness (QED) is 0.175. The maximum absolute atomic E-state index is 11.1. The molecular formula is C30H33N3O2. The van der Waals surface area contributed by atoms with Crippen molar-refractivity contribution in [1.29, 1.82) is 0 Å². The van der Waals surface area contributed by atoms with Gasteiger partial charge in [-0.25, -0.2) is 0 Å². The predicted molar refractivity (Wildman–Crippen MR) is 140 cm³/mol. The van der Waals surface area contributed by atoms with Gasteiger partial charge in [0, 0.05) is 47.4 Å². The maximum atomic E-state index is 11.1. The Balaban J connectivity index is 0.000000122. The van der Waals surface area contributed by atoms with Gasteiger partial charge >= 0.3 is 0 Å². The minimum atomic E-state index is -0.255. The summed E-state index contributed by atoms with van der Waals surface area (Å²) < 4.78 is 5.04. The lowest BCUT2D eigenvalue weighted by Gasteiger charge is -2.05. The minimum absolute atomic E-state index is 0.255. The molecule has 0 unspecified atom stereocenters. The van der Waals surface area contributed by atoms with Crippen LogP contribution in [0.15, 0.2) is 30.3 Å². The largest absolute Gasteiger partial charge is 0.344 e. The van der Waals surface area contributed by atoms with E-state index in [1.165, 1.54) is 81.1 Å². The van der Waals surface area contributed by atoms with E-state index in [1.807, 2.05) is 0 Å². The van der Waals surface area contributed by atoms with Gasteiger partial charge in [0.1, 0.15) is 0 Å². The molecule has 4 heterocycles.